The van der Waals surface area contributed by atoms with Crippen LogP contribution in [0.25, 0.3) is 33.5 Å². The molecule has 2 heterocycles. The largest absolute Gasteiger partial charge is 0.478 e. The van der Waals surface area contributed by atoms with Crippen molar-refractivity contribution in [3.05, 3.63) is 47.8 Å². The summed E-state index contributed by atoms with van der Waals surface area (Å²) in [6.07, 6.45) is -3.97. The smallest absolute Gasteiger partial charge is 0.449 e. The molecule has 2 aromatic heterocycles. The molecule has 7 nitrogen and oxygen atoms in total. The highest BCUT2D eigenvalue weighted by molar-refractivity contribution is 5.96. The first kappa shape index (κ1) is 23.7. The van der Waals surface area contributed by atoms with Crippen molar-refractivity contribution in [3.63, 3.8) is 0 Å². The van der Waals surface area contributed by atoms with Gasteiger partial charge in [-0.25, -0.2) is 14.8 Å². The van der Waals surface area contributed by atoms with Crippen LogP contribution in [0.1, 0.15) is 36.5 Å². The zero-order valence-electron chi connectivity index (χ0n) is 19.1. The number of carbonyl (C=O) groups is 1. The van der Waals surface area contributed by atoms with E-state index >= 15 is 0 Å². The van der Waals surface area contributed by atoms with Crippen LogP contribution >= 0.6 is 0 Å². The third-order valence-electron chi connectivity index (χ3n) is 5.53. The third-order valence-corrected chi connectivity index (χ3v) is 5.53. The number of rotatable bonds is 8. The summed E-state index contributed by atoms with van der Waals surface area (Å²) in [5, 5.41) is 9.38. The SMILES string of the molecule is COCCCn1c(-c2cccc3nc(C(F)(F)F)n(CC(C)C)c23)nc2cc(C(=O)O)ccc21. The Kier molecular flexibility index (Phi) is 6.35. The van der Waals surface area contributed by atoms with Crippen molar-refractivity contribution in [1.82, 2.24) is 19.1 Å². The molecule has 1 N–H and O–H groups in total. The van der Waals surface area contributed by atoms with E-state index in [2.05, 4.69) is 9.97 Å². The minimum atomic E-state index is -4.61. The Morgan fingerprint density at radius 2 is 1.88 bits per heavy atom. The average Bonchev–Trinajstić information content (AvgIpc) is 3.32. The van der Waals surface area contributed by atoms with Gasteiger partial charge in [-0.05, 0) is 42.7 Å². The lowest BCUT2D eigenvalue weighted by atomic mass is 10.1. The van der Waals surface area contributed by atoms with Gasteiger partial charge in [0.25, 0.3) is 0 Å². The standard InChI is InChI=1S/C24H25F3N4O3/c1-14(2)13-31-20-16(6-4-7-17(20)29-23(31)24(25,26)27)21-28-18-12-15(22(32)33)8-9-19(18)30(21)10-5-11-34-3/h4,6-9,12,14H,5,10-11,13H2,1-3H3,(H,32,33). The van der Waals surface area contributed by atoms with Gasteiger partial charge in [0.05, 0.1) is 27.6 Å². The third kappa shape index (κ3) is 4.37. The molecule has 0 aliphatic heterocycles. The number of alkyl halides is 3. The Hall–Kier alpha value is -3.40. The van der Waals surface area contributed by atoms with Crippen LogP contribution in [0.3, 0.4) is 0 Å². The Morgan fingerprint density at radius 1 is 1.12 bits per heavy atom. The minimum absolute atomic E-state index is 0.0507. The number of para-hydroxylation sites is 1. The van der Waals surface area contributed by atoms with Crippen molar-refractivity contribution in [1.29, 1.82) is 0 Å². The molecule has 180 valence electrons. The Morgan fingerprint density at radius 3 is 2.53 bits per heavy atom. The molecule has 0 aliphatic carbocycles. The van der Waals surface area contributed by atoms with Gasteiger partial charge in [-0.2, -0.15) is 13.2 Å². The highest BCUT2D eigenvalue weighted by Crippen LogP contribution is 2.37. The number of hydrogen-bond donors (Lipinski definition) is 1. The number of fused-ring (bicyclic) bond motifs is 2. The number of aromatic carboxylic acids is 1. The summed E-state index contributed by atoms with van der Waals surface area (Å²) >= 11 is 0. The normalized spacial score (nSPS) is 12.3. The van der Waals surface area contributed by atoms with Crippen molar-refractivity contribution in [2.75, 3.05) is 13.7 Å². The number of carboxylic acid groups (broad SMARTS) is 1. The number of aryl methyl sites for hydroxylation is 1. The van der Waals surface area contributed by atoms with Gasteiger partial charge in [-0.15, -0.1) is 0 Å². The van der Waals surface area contributed by atoms with Crippen LogP contribution in [0.4, 0.5) is 13.2 Å². The molecular formula is C24H25F3N4O3. The molecule has 10 heteroatoms. The van der Waals surface area contributed by atoms with Gasteiger partial charge < -0.3 is 19.0 Å². The van der Waals surface area contributed by atoms with Gasteiger partial charge >= 0.3 is 12.1 Å². The molecule has 0 amide bonds. The Bertz CT molecular complexity index is 1360. The lowest BCUT2D eigenvalue weighted by Crippen LogP contribution is -2.17. The van der Waals surface area contributed by atoms with Gasteiger partial charge in [-0.1, -0.05) is 19.9 Å². The molecule has 4 aromatic rings. The van der Waals surface area contributed by atoms with Crippen molar-refractivity contribution < 1.29 is 27.8 Å². The molecule has 0 saturated carbocycles. The number of benzene rings is 2. The molecule has 0 saturated heterocycles. The molecule has 0 aliphatic rings. The number of ether oxygens (including phenoxy) is 1. The summed E-state index contributed by atoms with van der Waals surface area (Å²) in [5.74, 6) is -1.62. The van der Waals surface area contributed by atoms with Crippen molar-refractivity contribution in [2.24, 2.45) is 5.92 Å². The highest BCUT2D eigenvalue weighted by Gasteiger charge is 2.38. The van der Waals surface area contributed by atoms with E-state index in [1.807, 2.05) is 18.4 Å². The lowest BCUT2D eigenvalue weighted by Gasteiger charge is -2.16. The second-order valence-corrected chi connectivity index (χ2v) is 8.55. The molecule has 0 bridgehead atoms. The van der Waals surface area contributed by atoms with E-state index in [1.54, 1.807) is 31.4 Å². The van der Waals surface area contributed by atoms with E-state index in [0.29, 0.717) is 47.5 Å². The maximum absolute atomic E-state index is 13.9. The Balaban J connectivity index is 2.01. The summed E-state index contributed by atoms with van der Waals surface area (Å²) in [4.78, 5) is 20.1. The fraction of sp³-hybridized carbons (Fsp3) is 0.375. The zero-order chi connectivity index (χ0) is 24.6. The van der Waals surface area contributed by atoms with Crippen molar-refractivity contribution in [3.8, 4) is 11.4 Å². The molecule has 2 aromatic carbocycles. The minimum Gasteiger partial charge on any atom is -0.478 e. The van der Waals surface area contributed by atoms with Crippen LogP contribution in [0, 0.1) is 5.92 Å². The maximum Gasteiger partial charge on any atom is 0.449 e. The Labute approximate surface area is 193 Å². The zero-order valence-corrected chi connectivity index (χ0v) is 19.1. The number of methoxy groups -OCH3 is 1. The summed E-state index contributed by atoms with van der Waals surface area (Å²) < 4.78 is 49.9. The quantitative estimate of drug-likeness (QED) is 0.343. The number of aromatic nitrogens is 4. The molecule has 0 unspecified atom stereocenters. The molecule has 0 fully saturated rings. The lowest BCUT2D eigenvalue weighted by molar-refractivity contribution is -0.147. The van der Waals surface area contributed by atoms with E-state index in [-0.39, 0.29) is 23.5 Å². The summed E-state index contributed by atoms with van der Waals surface area (Å²) in [6, 6.07) is 9.59. The number of carboxylic acids is 1. The first-order valence-corrected chi connectivity index (χ1v) is 10.9. The van der Waals surface area contributed by atoms with E-state index in [9.17, 15) is 23.1 Å². The fourth-order valence-corrected chi connectivity index (χ4v) is 4.19. The predicted molar refractivity (Wildman–Crippen MR) is 122 cm³/mol. The average molecular weight is 474 g/mol. The van der Waals surface area contributed by atoms with E-state index in [4.69, 9.17) is 4.74 Å². The molecule has 0 atom stereocenters. The van der Waals surface area contributed by atoms with Crippen LogP contribution in [0.2, 0.25) is 0 Å². The number of nitrogens with zero attached hydrogens (tertiary/aromatic N) is 4. The second kappa shape index (κ2) is 9.09. The summed E-state index contributed by atoms with van der Waals surface area (Å²) in [6.45, 7) is 4.81. The molecule has 4 rings (SSSR count). The van der Waals surface area contributed by atoms with E-state index in [0.717, 1.165) is 0 Å². The van der Waals surface area contributed by atoms with Gasteiger partial charge in [-0.3, -0.25) is 0 Å². The highest BCUT2D eigenvalue weighted by atomic mass is 19.4. The van der Waals surface area contributed by atoms with Crippen LogP contribution < -0.4 is 0 Å². The molecular weight excluding hydrogens is 449 g/mol. The molecule has 0 spiro atoms. The number of imidazole rings is 2. The van der Waals surface area contributed by atoms with Crippen molar-refractivity contribution in [2.45, 2.75) is 39.5 Å². The van der Waals surface area contributed by atoms with Crippen molar-refractivity contribution >= 4 is 28.0 Å². The van der Waals surface area contributed by atoms with Gasteiger partial charge in [0.15, 0.2) is 0 Å². The van der Waals surface area contributed by atoms with Gasteiger partial charge in [0.1, 0.15) is 5.82 Å². The number of hydrogen-bond acceptors (Lipinski definition) is 4. The second-order valence-electron chi connectivity index (χ2n) is 8.55. The molecule has 34 heavy (non-hydrogen) atoms. The first-order chi connectivity index (χ1) is 16.1. The summed E-state index contributed by atoms with van der Waals surface area (Å²) in [5.41, 5.74) is 2.32. The van der Waals surface area contributed by atoms with Crippen LogP contribution in [0.15, 0.2) is 36.4 Å². The van der Waals surface area contributed by atoms with E-state index in [1.165, 1.54) is 16.7 Å². The van der Waals surface area contributed by atoms with Gasteiger partial charge in [0, 0.05) is 32.4 Å². The maximum atomic E-state index is 13.9. The van der Waals surface area contributed by atoms with Crippen LogP contribution in [-0.2, 0) is 24.0 Å². The first-order valence-electron chi connectivity index (χ1n) is 10.9. The summed E-state index contributed by atoms with van der Waals surface area (Å²) in [7, 11) is 1.59. The van der Waals surface area contributed by atoms with E-state index < -0.39 is 18.0 Å². The van der Waals surface area contributed by atoms with Gasteiger partial charge in [0.2, 0.25) is 5.82 Å². The monoisotopic (exact) mass is 474 g/mol. The predicted octanol–water partition coefficient (Wildman–Crippen LogP) is 5.46. The molecule has 0 radical (unpaired) electrons. The fourth-order valence-electron chi connectivity index (χ4n) is 4.19. The van der Waals surface area contributed by atoms with Crippen LogP contribution in [0.5, 0.6) is 0 Å². The number of halogens is 3. The topological polar surface area (TPSA) is 82.2 Å². The van der Waals surface area contributed by atoms with Crippen LogP contribution in [-0.4, -0.2) is 43.9 Å².